The molecule has 29 heavy (non-hydrogen) atoms. The van der Waals surface area contributed by atoms with Crippen molar-refractivity contribution in [2.24, 2.45) is 0 Å². The largest absolute Gasteiger partial charge is 0.482 e. The molecule has 0 aromatic heterocycles. The van der Waals surface area contributed by atoms with Crippen LogP contribution in [0.5, 0.6) is 0 Å². The van der Waals surface area contributed by atoms with Gasteiger partial charge in [0.05, 0.1) is 5.69 Å². The lowest BCUT2D eigenvalue weighted by molar-refractivity contribution is -0.388. The number of rotatable bonds is 6. The second kappa shape index (κ2) is 8.47. The number of alkyl halides is 5. The maximum atomic E-state index is 14.4. The molecule has 2 rings (SSSR count). The lowest BCUT2D eigenvalue weighted by Crippen LogP contribution is -2.41. The number of hydrogen-bond donors (Lipinski definition) is 2. The number of hydrogen-bond acceptors (Lipinski definition) is 3. The van der Waals surface area contributed by atoms with Gasteiger partial charge in [-0.2, -0.15) is 22.0 Å². The van der Waals surface area contributed by atoms with Crippen molar-refractivity contribution in [3.8, 4) is 0 Å². The predicted molar refractivity (Wildman–Crippen MR) is 86.3 cm³/mol. The van der Waals surface area contributed by atoms with Crippen molar-refractivity contribution < 1.29 is 45.1 Å². The molecule has 12 heteroatoms. The standard InChI is InChI=1S/C17H11F7N2O3/c18-10-6-7-11(25-15(28)9-4-2-1-3-5-9)13(19)14(10)26-12(27)8-29-17(23,24)16(20,21)22/h1-7H,8H2,(H,25,28)(H,26,27). The third kappa shape index (κ3) is 5.44. The van der Waals surface area contributed by atoms with E-state index in [1.165, 1.54) is 29.6 Å². The Hall–Kier alpha value is -3.15. The molecule has 0 heterocycles. The molecule has 2 N–H and O–H groups in total. The van der Waals surface area contributed by atoms with E-state index in [1.54, 1.807) is 6.07 Å². The fourth-order valence-electron chi connectivity index (χ4n) is 1.96. The van der Waals surface area contributed by atoms with Gasteiger partial charge in [0.2, 0.25) is 0 Å². The zero-order valence-corrected chi connectivity index (χ0v) is 14.1. The third-order valence-corrected chi connectivity index (χ3v) is 3.35. The molecule has 5 nitrogen and oxygen atoms in total. The molecule has 0 bridgehead atoms. The summed E-state index contributed by atoms with van der Waals surface area (Å²) < 4.78 is 92.6. The summed E-state index contributed by atoms with van der Waals surface area (Å²) in [6.07, 6.45) is -11.7. The van der Waals surface area contributed by atoms with E-state index in [1.807, 2.05) is 0 Å². The van der Waals surface area contributed by atoms with E-state index in [0.29, 0.717) is 6.07 Å². The zero-order chi connectivity index (χ0) is 21.8. The number of benzene rings is 2. The predicted octanol–water partition coefficient (Wildman–Crippen LogP) is 4.33. The molecule has 156 valence electrons. The summed E-state index contributed by atoms with van der Waals surface area (Å²) in [6, 6.07) is 8.94. The summed E-state index contributed by atoms with van der Waals surface area (Å²) in [5, 5.41) is 3.60. The molecule has 2 aromatic rings. The summed E-state index contributed by atoms with van der Waals surface area (Å²) in [5.41, 5.74) is -1.61. The number of nitrogens with one attached hydrogen (secondary N) is 2. The number of anilines is 2. The number of carbonyl (C=O) groups excluding carboxylic acids is 2. The van der Waals surface area contributed by atoms with Crippen LogP contribution < -0.4 is 10.6 Å². The zero-order valence-electron chi connectivity index (χ0n) is 14.1. The van der Waals surface area contributed by atoms with Crippen molar-refractivity contribution in [2.75, 3.05) is 17.2 Å². The van der Waals surface area contributed by atoms with E-state index in [0.717, 1.165) is 6.07 Å². The highest BCUT2D eigenvalue weighted by molar-refractivity contribution is 6.04. The van der Waals surface area contributed by atoms with Crippen molar-refractivity contribution in [3.05, 3.63) is 59.7 Å². The second-order valence-electron chi connectivity index (χ2n) is 5.46. The Kier molecular flexibility index (Phi) is 6.47. The van der Waals surface area contributed by atoms with E-state index in [9.17, 15) is 40.3 Å². The Morgan fingerprint density at radius 2 is 1.52 bits per heavy atom. The molecule has 0 radical (unpaired) electrons. The fraction of sp³-hybridized carbons (Fsp3) is 0.176. The van der Waals surface area contributed by atoms with Gasteiger partial charge >= 0.3 is 12.3 Å². The molecule has 0 saturated heterocycles. The number of amides is 2. The lowest BCUT2D eigenvalue weighted by atomic mass is 10.2. The highest BCUT2D eigenvalue weighted by Crippen LogP contribution is 2.36. The topological polar surface area (TPSA) is 67.4 Å². The average molecular weight is 424 g/mol. The van der Waals surface area contributed by atoms with E-state index >= 15 is 0 Å². The van der Waals surface area contributed by atoms with Gasteiger partial charge in [-0.25, -0.2) is 8.78 Å². The van der Waals surface area contributed by atoms with Crippen LogP contribution in [0.1, 0.15) is 10.4 Å². The van der Waals surface area contributed by atoms with Crippen LogP contribution >= 0.6 is 0 Å². The Morgan fingerprint density at radius 3 is 2.10 bits per heavy atom. The second-order valence-corrected chi connectivity index (χ2v) is 5.46. The summed E-state index contributed by atoms with van der Waals surface area (Å²) in [6.45, 7) is -1.84. The molecule has 0 fully saturated rings. The number of ether oxygens (including phenoxy) is 1. The van der Waals surface area contributed by atoms with Crippen LogP contribution in [0.25, 0.3) is 0 Å². The smallest absolute Gasteiger partial charge is 0.319 e. The van der Waals surface area contributed by atoms with Crippen LogP contribution in [-0.2, 0) is 9.53 Å². The molecule has 0 aliphatic rings. The molecule has 0 unspecified atom stereocenters. The van der Waals surface area contributed by atoms with Gasteiger partial charge in [-0.15, -0.1) is 0 Å². The van der Waals surface area contributed by atoms with Crippen LogP contribution in [0.15, 0.2) is 42.5 Å². The summed E-state index contributed by atoms with van der Waals surface area (Å²) in [5.74, 6) is -5.30. The van der Waals surface area contributed by atoms with Crippen molar-refractivity contribution in [2.45, 2.75) is 12.3 Å². The van der Waals surface area contributed by atoms with Gasteiger partial charge in [0.1, 0.15) is 18.1 Å². The molecule has 0 atom stereocenters. The summed E-state index contributed by atoms with van der Waals surface area (Å²) in [7, 11) is 0. The highest BCUT2D eigenvalue weighted by atomic mass is 19.4. The SMILES string of the molecule is O=C(COC(F)(F)C(F)(F)F)Nc1c(F)ccc(NC(=O)c2ccccc2)c1F. The normalized spacial score (nSPS) is 11.8. The maximum absolute atomic E-state index is 14.4. The Balaban J connectivity index is 2.12. The van der Waals surface area contributed by atoms with Crippen LogP contribution in [0.4, 0.5) is 42.1 Å². The van der Waals surface area contributed by atoms with E-state index in [-0.39, 0.29) is 5.56 Å². The van der Waals surface area contributed by atoms with Crippen molar-refractivity contribution >= 4 is 23.2 Å². The Bertz CT molecular complexity index is 902. The monoisotopic (exact) mass is 424 g/mol. The first-order valence-corrected chi connectivity index (χ1v) is 7.65. The van der Waals surface area contributed by atoms with Gasteiger partial charge in [0.25, 0.3) is 11.8 Å². The summed E-state index contributed by atoms with van der Waals surface area (Å²) in [4.78, 5) is 23.5. The molecular formula is C17H11F7N2O3. The van der Waals surface area contributed by atoms with Gasteiger partial charge in [-0.1, -0.05) is 18.2 Å². The van der Waals surface area contributed by atoms with Gasteiger partial charge in [-0.05, 0) is 24.3 Å². The molecule has 0 aliphatic carbocycles. The maximum Gasteiger partial charge on any atom is 0.482 e. The summed E-state index contributed by atoms with van der Waals surface area (Å²) >= 11 is 0. The number of carbonyl (C=O) groups is 2. The van der Waals surface area contributed by atoms with Crippen LogP contribution in [0.3, 0.4) is 0 Å². The Morgan fingerprint density at radius 1 is 0.897 bits per heavy atom. The van der Waals surface area contributed by atoms with Gasteiger partial charge in [0.15, 0.2) is 5.82 Å². The molecule has 0 spiro atoms. The van der Waals surface area contributed by atoms with Crippen LogP contribution in [-0.4, -0.2) is 30.7 Å². The van der Waals surface area contributed by atoms with E-state index in [2.05, 4.69) is 10.1 Å². The molecule has 0 saturated carbocycles. The third-order valence-electron chi connectivity index (χ3n) is 3.35. The van der Waals surface area contributed by atoms with E-state index < -0.39 is 53.7 Å². The average Bonchev–Trinajstić information content (AvgIpc) is 2.65. The first-order chi connectivity index (χ1) is 13.4. The van der Waals surface area contributed by atoms with Crippen LogP contribution in [0.2, 0.25) is 0 Å². The fourth-order valence-corrected chi connectivity index (χ4v) is 1.96. The first-order valence-electron chi connectivity index (χ1n) is 7.65. The van der Waals surface area contributed by atoms with Crippen molar-refractivity contribution in [1.82, 2.24) is 0 Å². The minimum absolute atomic E-state index is 0.129. The van der Waals surface area contributed by atoms with E-state index in [4.69, 9.17) is 0 Å². The lowest BCUT2D eigenvalue weighted by Gasteiger charge is -2.19. The number of halogens is 7. The van der Waals surface area contributed by atoms with Crippen molar-refractivity contribution in [3.63, 3.8) is 0 Å². The molecular weight excluding hydrogens is 413 g/mol. The van der Waals surface area contributed by atoms with Crippen molar-refractivity contribution in [1.29, 1.82) is 0 Å². The highest BCUT2D eigenvalue weighted by Gasteiger charge is 2.59. The van der Waals surface area contributed by atoms with Gasteiger partial charge in [-0.3, -0.25) is 9.59 Å². The minimum Gasteiger partial charge on any atom is -0.319 e. The first kappa shape index (κ1) is 22.1. The Labute approximate surface area is 158 Å². The quantitative estimate of drug-likeness (QED) is 0.679. The van der Waals surface area contributed by atoms with Gasteiger partial charge < -0.3 is 15.4 Å². The minimum atomic E-state index is -6.08. The molecule has 2 aromatic carbocycles. The van der Waals surface area contributed by atoms with Crippen LogP contribution in [0, 0.1) is 11.6 Å². The molecule has 0 aliphatic heterocycles. The molecule has 2 amide bonds. The van der Waals surface area contributed by atoms with Gasteiger partial charge in [0, 0.05) is 5.56 Å².